The number of rotatable bonds is 1. The molecule has 0 radical (unpaired) electrons. The van der Waals surface area contributed by atoms with E-state index in [0.717, 1.165) is 6.07 Å². The van der Waals surface area contributed by atoms with E-state index >= 15 is 0 Å². The first kappa shape index (κ1) is 9.09. The van der Waals surface area contributed by atoms with Crippen molar-refractivity contribution < 1.29 is 9.18 Å². The van der Waals surface area contributed by atoms with Gasteiger partial charge in [0.1, 0.15) is 5.82 Å². The van der Waals surface area contributed by atoms with Gasteiger partial charge in [0.2, 0.25) is 0 Å². The Balaban J connectivity index is 2.87. The van der Waals surface area contributed by atoms with E-state index in [-0.39, 0.29) is 5.56 Å². The second-order valence-electron chi connectivity index (χ2n) is 2.80. The largest absolute Gasteiger partial charge is 0.276 e. The number of carbonyl (C=O) groups is 1. The van der Waals surface area contributed by atoms with Crippen LogP contribution in [-0.2, 0) is 0 Å². The van der Waals surface area contributed by atoms with Gasteiger partial charge in [-0.1, -0.05) is 6.07 Å². The van der Waals surface area contributed by atoms with Crippen molar-refractivity contribution in [3.63, 3.8) is 0 Å². The summed E-state index contributed by atoms with van der Waals surface area (Å²) in [4.78, 5) is 14.9. The van der Waals surface area contributed by atoms with Crippen LogP contribution in [0.2, 0.25) is 0 Å². The Kier molecular flexibility index (Phi) is 2.17. The maximum Gasteiger partial charge on any atom is 0.254 e. The summed E-state index contributed by atoms with van der Waals surface area (Å²) in [5, 5.41) is -0.135. The van der Waals surface area contributed by atoms with Crippen LogP contribution in [0.25, 0.3) is 10.9 Å². The maximum atomic E-state index is 13.0. The van der Waals surface area contributed by atoms with Crippen LogP contribution in [0.15, 0.2) is 30.5 Å². The molecule has 0 aliphatic rings. The number of pyridine rings is 1. The topological polar surface area (TPSA) is 30.0 Å². The van der Waals surface area contributed by atoms with Crippen LogP contribution in [0.3, 0.4) is 0 Å². The molecule has 0 N–H and O–H groups in total. The van der Waals surface area contributed by atoms with E-state index in [4.69, 9.17) is 11.6 Å². The van der Waals surface area contributed by atoms with Crippen LogP contribution in [-0.4, -0.2) is 10.2 Å². The van der Waals surface area contributed by atoms with E-state index < -0.39 is 11.1 Å². The van der Waals surface area contributed by atoms with Gasteiger partial charge in [-0.2, -0.15) is 0 Å². The Bertz CT molecular complexity index is 512. The van der Waals surface area contributed by atoms with Crippen LogP contribution in [0.4, 0.5) is 4.39 Å². The fourth-order valence-electron chi connectivity index (χ4n) is 1.31. The first-order chi connectivity index (χ1) is 6.68. The first-order valence-corrected chi connectivity index (χ1v) is 4.30. The Hall–Kier alpha value is -1.48. The summed E-state index contributed by atoms with van der Waals surface area (Å²) in [5.74, 6) is -0.491. The van der Waals surface area contributed by atoms with Gasteiger partial charge in [0, 0.05) is 11.6 Å². The van der Waals surface area contributed by atoms with E-state index in [1.807, 2.05) is 0 Å². The van der Waals surface area contributed by atoms with Gasteiger partial charge in [-0.05, 0) is 29.8 Å². The molecule has 0 spiro atoms. The molecule has 4 heteroatoms. The van der Waals surface area contributed by atoms with Crippen molar-refractivity contribution in [2.45, 2.75) is 0 Å². The smallest absolute Gasteiger partial charge is 0.254 e. The standard InChI is InChI=1S/C10H5ClFNO/c11-10(14)8-5-7(12)4-6-2-1-3-13-9(6)8/h1-5H. The van der Waals surface area contributed by atoms with Gasteiger partial charge in [0.25, 0.3) is 5.24 Å². The molecule has 1 aromatic carbocycles. The highest BCUT2D eigenvalue weighted by atomic mass is 35.5. The molecule has 0 fully saturated rings. The summed E-state index contributed by atoms with van der Waals surface area (Å²) >= 11 is 5.31. The van der Waals surface area contributed by atoms with Gasteiger partial charge in [-0.15, -0.1) is 0 Å². The average Bonchev–Trinajstić information content (AvgIpc) is 2.16. The van der Waals surface area contributed by atoms with Crippen molar-refractivity contribution in [2.75, 3.05) is 0 Å². The fourth-order valence-corrected chi connectivity index (χ4v) is 1.45. The van der Waals surface area contributed by atoms with Crippen molar-refractivity contribution in [1.82, 2.24) is 4.98 Å². The zero-order valence-corrected chi connectivity index (χ0v) is 7.75. The second kappa shape index (κ2) is 3.35. The minimum atomic E-state index is -0.701. The third-order valence-electron chi connectivity index (χ3n) is 1.88. The Labute approximate surface area is 84.3 Å². The number of hydrogen-bond donors (Lipinski definition) is 0. The lowest BCUT2D eigenvalue weighted by atomic mass is 10.1. The molecule has 14 heavy (non-hydrogen) atoms. The van der Waals surface area contributed by atoms with Crippen LogP contribution in [0.5, 0.6) is 0 Å². The van der Waals surface area contributed by atoms with Crippen molar-refractivity contribution in [3.05, 3.63) is 41.8 Å². The molecule has 0 atom stereocenters. The molecule has 2 aromatic rings. The summed E-state index contributed by atoms with van der Waals surface area (Å²) in [6.07, 6.45) is 1.53. The van der Waals surface area contributed by atoms with E-state index in [1.54, 1.807) is 12.1 Å². The number of carbonyl (C=O) groups excluding carboxylic acids is 1. The van der Waals surface area contributed by atoms with Gasteiger partial charge >= 0.3 is 0 Å². The predicted molar refractivity (Wildman–Crippen MR) is 51.9 cm³/mol. The number of fused-ring (bicyclic) bond motifs is 1. The quantitative estimate of drug-likeness (QED) is 0.676. The lowest BCUT2D eigenvalue weighted by molar-refractivity contribution is 0.108. The number of nitrogens with zero attached hydrogens (tertiary/aromatic N) is 1. The van der Waals surface area contributed by atoms with E-state index in [1.165, 1.54) is 12.3 Å². The molecule has 1 aromatic heterocycles. The van der Waals surface area contributed by atoms with Crippen LogP contribution >= 0.6 is 11.6 Å². The third kappa shape index (κ3) is 1.46. The predicted octanol–water partition coefficient (Wildman–Crippen LogP) is 2.75. The molecule has 0 unspecified atom stereocenters. The summed E-state index contributed by atoms with van der Waals surface area (Å²) in [5.41, 5.74) is 0.524. The molecule has 0 bridgehead atoms. The summed E-state index contributed by atoms with van der Waals surface area (Å²) in [6.45, 7) is 0. The van der Waals surface area contributed by atoms with Crippen molar-refractivity contribution >= 4 is 27.7 Å². The lowest BCUT2D eigenvalue weighted by Crippen LogP contribution is -1.94. The molecule has 0 aliphatic carbocycles. The normalized spacial score (nSPS) is 10.4. The van der Waals surface area contributed by atoms with Crippen molar-refractivity contribution in [3.8, 4) is 0 Å². The first-order valence-electron chi connectivity index (χ1n) is 3.92. The molecule has 0 aliphatic heterocycles. The van der Waals surface area contributed by atoms with Crippen LogP contribution < -0.4 is 0 Å². The molecule has 70 valence electrons. The molecule has 0 amide bonds. The SMILES string of the molecule is O=C(Cl)c1cc(F)cc2cccnc12. The van der Waals surface area contributed by atoms with Gasteiger partial charge < -0.3 is 0 Å². The average molecular weight is 210 g/mol. The monoisotopic (exact) mass is 209 g/mol. The van der Waals surface area contributed by atoms with Crippen LogP contribution in [0, 0.1) is 5.82 Å². The molecule has 1 heterocycles. The zero-order chi connectivity index (χ0) is 10.1. The van der Waals surface area contributed by atoms with E-state index in [2.05, 4.69) is 4.98 Å². The van der Waals surface area contributed by atoms with Crippen molar-refractivity contribution in [2.24, 2.45) is 0 Å². The molecular formula is C10H5ClFNO. The highest BCUT2D eigenvalue weighted by Crippen LogP contribution is 2.19. The number of hydrogen-bond acceptors (Lipinski definition) is 2. The minimum absolute atomic E-state index is 0.0993. The van der Waals surface area contributed by atoms with Gasteiger partial charge in [0.15, 0.2) is 0 Å². The summed E-state index contributed by atoms with van der Waals surface area (Å²) in [6, 6.07) is 5.75. The minimum Gasteiger partial charge on any atom is -0.276 e. The highest BCUT2D eigenvalue weighted by Gasteiger charge is 2.10. The molecular weight excluding hydrogens is 205 g/mol. The number of benzene rings is 1. The third-order valence-corrected chi connectivity index (χ3v) is 2.09. The Morgan fingerprint density at radius 1 is 1.43 bits per heavy atom. The molecule has 2 nitrogen and oxygen atoms in total. The molecule has 2 rings (SSSR count). The maximum absolute atomic E-state index is 13.0. The fraction of sp³-hybridized carbons (Fsp3) is 0. The summed E-state index contributed by atoms with van der Waals surface area (Å²) in [7, 11) is 0. The zero-order valence-electron chi connectivity index (χ0n) is 7.00. The molecule has 0 saturated carbocycles. The Morgan fingerprint density at radius 2 is 2.21 bits per heavy atom. The van der Waals surface area contributed by atoms with E-state index in [9.17, 15) is 9.18 Å². The summed E-state index contributed by atoms with van der Waals surface area (Å²) < 4.78 is 13.0. The van der Waals surface area contributed by atoms with Gasteiger partial charge in [-0.3, -0.25) is 9.78 Å². The number of aromatic nitrogens is 1. The Morgan fingerprint density at radius 3 is 2.93 bits per heavy atom. The van der Waals surface area contributed by atoms with E-state index in [0.29, 0.717) is 10.9 Å². The van der Waals surface area contributed by atoms with Crippen LogP contribution in [0.1, 0.15) is 10.4 Å². The second-order valence-corrected chi connectivity index (χ2v) is 3.15. The highest BCUT2D eigenvalue weighted by molar-refractivity contribution is 6.68. The molecule has 0 saturated heterocycles. The van der Waals surface area contributed by atoms with Gasteiger partial charge in [-0.25, -0.2) is 4.39 Å². The van der Waals surface area contributed by atoms with Gasteiger partial charge in [0.05, 0.1) is 11.1 Å². The number of halogens is 2. The lowest BCUT2D eigenvalue weighted by Gasteiger charge is -2.00. The van der Waals surface area contributed by atoms with Crippen molar-refractivity contribution in [1.29, 1.82) is 0 Å².